The number of carbonyl (C=O) groups excluding carboxylic acids is 1. The Labute approximate surface area is 101 Å². The number of rotatable bonds is 9. The van der Waals surface area contributed by atoms with Crippen LogP contribution in [0.1, 0.15) is 32.6 Å². The van der Waals surface area contributed by atoms with Crippen molar-refractivity contribution < 1.29 is 19.8 Å². The minimum Gasteiger partial charge on any atom is -0.481 e. The molecule has 6 nitrogen and oxygen atoms in total. The van der Waals surface area contributed by atoms with Crippen molar-refractivity contribution in [1.29, 1.82) is 0 Å². The predicted octanol–water partition coefficient (Wildman–Crippen LogP) is -0.516. The zero-order valence-electron chi connectivity index (χ0n) is 10.1. The van der Waals surface area contributed by atoms with Crippen LogP contribution in [0.5, 0.6) is 0 Å². The standard InChI is InChI=1S/C11H22N2O4/c1-7(14)8(11(16)17)6-10(15)9(13)4-2-3-5-12/h7-9,14H,2-6,12-13H2,1H3,(H,16,17). The van der Waals surface area contributed by atoms with E-state index in [1.54, 1.807) is 0 Å². The largest absolute Gasteiger partial charge is 0.481 e. The molecule has 3 unspecified atom stereocenters. The Bertz CT molecular complexity index is 256. The molecule has 0 spiro atoms. The first-order valence-corrected chi connectivity index (χ1v) is 5.79. The monoisotopic (exact) mass is 246 g/mol. The number of aliphatic hydroxyl groups excluding tert-OH is 1. The lowest BCUT2D eigenvalue weighted by Gasteiger charge is -2.17. The fourth-order valence-corrected chi connectivity index (χ4v) is 1.50. The van der Waals surface area contributed by atoms with Gasteiger partial charge in [0.15, 0.2) is 0 Å². The van der Waals surface area contributed by atoms with E-state index in [0.717, 1.165) is 12.8 Å². The molecule has 6 heteroatoms. The van der Waals surface area contributed by atoms with Crippen molar-refractivity contribution >= 4 is 11.8 Å². The van der Waals surface area contributed by atoms with E-state index >= 15 is 0 Å². The van der Waals surface area contributed by atoms with Gasteiger partial charge < -0.3 is 21.7 Å². The molecule has 0 heterocycles. The quantitative estimate of drug-likeness (QED) is 0.406. The zero-order valence-corrected chi connectivity index (χ0v) is 10.1. The number of nitrogens with two attached hydrogens (primary N) is 2. The number of ketones is 1. The van der Waals surface area contributed by atoms with Gasteiger partial charge in [-0.05, 0) is 26.3 Å². The number of carboxylic acids is 1. The molecule has 17 heavy (non-hydrogen) atoms. The highest BCUT2D eigenvalue weighted by molar-refractivity contribution is 5.87. The summed E-state index contributed by atoms with van der Waals surface area (Å²) in [4.78, 5) is 22.4. The van der Waals surface area contributed by atoms with Crippen molar-refractivity contribution in [2.24, 2.45) is 17.4 Å². The van der Waals surface area contributed by atoms with Crippen molar-refractivity contribution in [3.8, 4) is 0 Å². The Morgan fingerprint density at radius 1 is 1.29 bits per heavy atom. The number of hydrogen-bond donors (Lipinski definition) is 4. The van der Waals surface area contributed by atoms with Gasteiger partial charge in [0, 0.05) is 6.42 Å². The molecule has 0 radical (unpaired) electrons. The lowest BCUT2D eigenvalue weighted by Crippen LogP contribution is -2.36. The first-order valence-electron chi connectivity index (χ1n) is 5.79. The summed E-state index contributed by atoms with van der Waals surface area (Å²) in [5.41, 5.74) is 11.0. The lowest BCUT2D eigenvalue weighted by atomic mass is 9.93. The molecule has 0 rings (SSSR count). The molecule has 0 fully saturated rings. The maximum atomic E-state index is 11.6. The van der Waals surface area contributed by atoms with E-state index in [1.165, 1.54) is 6.92 Å². The van der Waals surface area contributed by atoms with Gasteiger partial charge in [-0.1, -0.05) is 6.42 Å². The molecule has 3 atom stereocenters. The first-order chi connectivity index (χ1) is 7.90. The van der Waals surface area contributed by atoms with E-state index in [0.29, 0.717) is 13.0 Å². The van der Waals surface area contributed by atoms with Crippen LogP contribution in [0.25, 0.3) is 0 Å². The average molecular weight is 246 g/mol. The van der Waals surface area contributed by atoms with Crippen molar-refractivity contribution in [1.82, 2.24) is 0 Å². The predicted molar refractivity (Wildman–Crippen MR) is 63.3 cm³/mol. The van der Waals surface area contributed by atoms with Crippen LogP contribution in [0.2, 0.25) is 0 Å². The molecule has 0 aromatic carbocycles. The molecular formula is C11H22N2O4. The van der Waals surface area contributed by atoms with Crippen molar-refractivity contribution in [3.63, 3.8) is 0 Å². The summed E-state index contributed by atoms with van der Waals surface area (Å²) in [7, 11) is 0. The molecule has 0 saturated heterocycles. The highest BCUT2D eigenvalue weighted by Gasteiger charge is 2.27. The summed E-state index contributed by atoms with van der Waals surface area (Å²) in [5, 5.41) is 18.1. The van der Waals surface area contributed by atoms with Crippen LogP contribution in [0.4, 0.5) is 0 Å². The van der Waals surface area contributed by atoms with Crippen LogP contribution < -0.4 is 11.5 Å². The molecule has 0 aromatic heterocycles. The fraction of sp³-hybridized carbons (Fsp3) is 0.818. The second-order valence-corrected chi connectivity index (χ2v) is 4.25. The topological polar surface area (TPSA) is 127 Å². The zero-order chi connectivity index (χ0) is 13.4. The number of carbonyl (C=O) groups is 2. The SMILES string of the molecule is CC(O)C(CC(=O)C(N)CCCCN)C(=O)O. The van der Waals surface area contributed by atoms with E-state index < -0.39 is 24.0 Å². The first kappa shape index (κ1) is 16.0. The highest BCUT2D eigenvalue weighted by atomic mass is 16.4. The summed E-state index contributed by atoms with van der Waals surface area (Å²) < 4.78 is 0. The van der Waals surface area contributed by atoms with E-state index in [1.807, 2.05) is 0 Å². The molecule has 0 aliphatic heterocycles. The van der Waals surface area contributed by atoms with E-state index in [9.17, 15) is 14.7 Å². The van der Waals surface area contributed by atoms with Crippen LogP contribution >= 0.6 is 0 Å². The Morgan fingerprint density at radius 2 is 1.88 bits per heavy atom. The molecule has 0 bridgehead atoms. The summed E-state index contributed by atoms with van der Waals surface area (Å²) in [6.45, 7) is 1.90. The molecule has 0 aliphatic carbocycles. The Kier molecular flexibility index (Phi) is 7.69. The van der Waals surface area contributed by atoms with Crippen molar-refractivity contribution in [2.45, 2.75) is 44.8 Å². The fourth-order valence-electron chi connectivity index (χ4n) is 1.50. The third-order valence-corrected chi connectivity index (χ3v) is 2.70. The number of aliphatic hydroxyl groups is 1. The van der Waals surface area contributed by atoms with Crippen molar-refractivity contribution in [3.05, 3.63) is 0 Å². The van der Waals surface area contributed by atoms with Crippen LogP contribution in [0.15, 0.2) is 0 Å². The number of unbranched alkanes of at least 4 members (excludes halogenated alkanes) is 1. The molecule has 0 amide bonds. The molecular weight excluding hydrogens is 224 g/mol. The summed E-state index contributed by atoms with van der Waals surface area (Å²) >= 11 is 0. The minimum absolute atomic E-state index is 0.225. The van der Waals surface area contributed by atoms with Gasteiger partial charge in [0.1, 0.15) is 5.78 Å². The van der Waals surface area contributed by atoms with Crippen molar-refractivity contribution in [2.75, 3.05) is 6.54 Å². The second-order valence-electron chi connectivity index (χ2n) is 4.25. The van der Waals surface area contributed by atoms with Gasteiger partial charge in [-0.3, -0.25) is 9.59 Å². The Balaban J connectivity index is 4.16. The smallest absolute Gasteiger partial charge is 0.309 e. The number of carboxylic acid groups (broad SMARTS) is 1. The average Bonchev–Trinajstić information content (AvgIpc) is 2.24. The van der Waals surface area contributed by atoms with Gasteiger partial charge in [0.2, 0.25) is 0 Å². The van der Waals surface area contributed by atoms with Gasteiger partial charge in [-0.25, -0.2) is 0 Å². The van der Waals surface area contributed by atoms with Gasteiger partial charge >= 0.3 is 5.97 Å². The molecule has 0 aromatic rings. The van der Waals surface area contributed by atoms with Crippen LogP contribution in [-0.4, -0.2) is 40.7 Å². The molecule has 6 N–H and O–H groups in total. The minimum atomic E-state index is -1.18. The van der Waals surface area contributed by atoms with Gasteiger partial charge in [0.25, 0.3) is 0 Å². The van der Waals surface area contributed by atoms with E-state index in [-0.39, 0.29) is 12.2 Å². The summed E-state index contributed by atoms with van der Waals surface area (Å²) in [6, 6.07) is -0.665. The maximum absolute atomic E-state index is 11.6. The van der Waals surface area contributed by atoms with Crippen LogP contribution in [-0.2, 0) is 9.59 Å². The van der Waals surface area contributed by atoms with Gasteiger partial charge in [0.05, 0.1) is 18.1 Å². The third kappa shape index (κ3) is 6.35. The Morgan fingerprint density at radius 3 is 2.29 bits per heavy atom. The van der Waals surface area contributed by atoms with E-state index in [2.05, 4.69) is 0 Å². The van der Waals surface area contributed by atoms with Crippen LogP contribution in [0.3, 0.4) is 0 Å². The number of hydrogen-bond acceptors (Lipinski definition) is 5. The molecule has 0 saturated carbocycles. The van der Waals surface area contributed by atoms with Gasteiger partial charge in [-0.2, -0.15) is 0 Å². The van der Waals surface area contributed by atoms with E-state index in [4.69, 9.17) is 16.6 Å². The lowest BCUT2D eigenvalue weighted by molar-refractivity contribution is -0.147. The summed E-state index contributed by atoms with van der Waals surface area (Å²) in [5.74, 6) is -2.58. The maximum Gasteiger partial charge on any atom is 0.309 e. The second kappa shape index (κ2) is 8.16. The Hall–Kier alpha value is -0.980. The highest BCUT2D eigenvalue weighted by Crippen LogP contribution is 2.12. The molecule has 0 aliphatic rings. The normalized spacial score (nSPS) is 16.2. The molecule has 100 valence electrons. The van der Waals surface area contributed by atoms with Crippen LogP contribution in [0, 0.1) is 5.92 Å². The number of aliphatic carboxylic acids is 1. The third-order valence-electron chi connectivity index (χ3n) is 2.70. The summed E-state index contributed by atoms with van der Waals surface area (Å²) in [6.07, 6.45) is 0.752. The van der Waals surface area contributed by atoms with Gasteiger partial charge in [-0.15, -0.1) is 0 Å². The number of Topliss-reactive ketones (excluding diaryl/α,β-unsaturated/α-hetero) is 1.